The third-order valence-electron chi connectivity index (χ3n) is 3.22. The summed E-state index contributed by atoms with van der Waals surface area (Å²) in [5, 5.41) is 12.6. The second-order valence-corrected chi connectivity index (χ2v) is 4.37. The van der Waals surface area contributed by atoms with Crippen molar-refractivity contribution in [3.05, 3.63) is 18.2 Å². The highest BCUT2D eigenvalue weighted by Crippen LogP contribution is 2.24. The number of pyridine rings is 1. The van der Waals surface area contributed by atoms with Crippen LogP contribution in [-0.4, -0.2) is 36.3 Å². The van der Waals surface area contributed by atoms with Crippen molar-refractivity contribution in [3.63, 3.8) is 0 Å². The van der Waals surface area contributed by atoms with Gasteiger partial charge in [0.15, 0.2) is 0 Å². The van der Waals surface area contributed by atoms with Crippen LogP contribution in [0, 0.1) is 5.92 Å². The van der Waals surface area contributed by atoms with Crippen LogP contribution in [0.2, 0.25) is 0 Å². The average Bonchev–Trinajstić information content (AvgIpc) is 2.78. The van der Waals surface area contributed by atoms with Gasteiger partial charge in [-0.2, -0.15) is 0 Å². The standard InChI is InChI=1S/C12H19N3O/c1-9(16)10-6-7-15(8-10)12-5-3-4-11(13-2)14-12/h3-5,9-10,16H,6-8H2,1-2H3,(H,13,14). The SMILES string of the molecule is CNc1cccc(N2CCC(C(C)O)C2)n1. The lowest BCUT2D eigenvalue weighted by Gasteiger charge is -2.19. The predicted molar refractivity (Wildman–Crippen MR) is 65.8 cm³/mol. The molecular formula is C12H19N3O. The lowest BCUT2D eigenvalue weighted by molar-refractivity contribution is 0.136. The molecule has 1 aliphatic heterocycles. The number of anilines is 2. The number of aliphatic hydroxyl groups excluding tert-OH is 1. The van der Waals surface area contributed by atoms with Crippen LogP contribution in [-0.2, 0) is 0 Å². The van der Waals surface area contributed by atoms with Gasteiger partial charge < -0.3 is 15.3 Å². The van der Waals surface area contributed by atoms with Gasteiger partial charge in [-0.3, -0.25) is 0 Å². The number of nitrogens with zero attached hydrogens (tertiary/aromatic N) is 2. The molecule has 16 heavy (non-hydrogen) atoms. The monoisotopic (exact) mass is 221 g/mol. The molecule has 2 rings (SSSR count). The van der Waals surface area contributed by atoms with Crippen LogP contribution in [0.25, 0.3) is 0 Å². The number of aromatic nitrogens is 1. The van der Waals surface area contributed by atoms with Crippen LogP contribution in [0.15, 0.2) is 18.2 Å². The van der Waals surface area contributed by atoms with Crippen molar-refractivity contribution in [2.45, 2.75) is 19.4 Å². The first-order valence-corrected chi connectivity index (χ1v) is 5.78. The molecule has 0 aromatic carbocycles. The van der Waals surface area contributed by atoms with Gasteiger partial charge in [-0.15, -0.1) is 0 Å². The molecule has 1 aromatic heterocycles. The summed E-state index contributed by atoms with van der Waals surface area (Å²) >= 11 is 0. The Morgan fingerprint density at radius 1 is 1.56 bits per heavy atom. The average molecular weight is 221 g/mol. The van der Waals surface area contributed by atoms with E-state index in [0.29, 0.717) is 5.92 Å². The van der Waals surface area contributed by atoms with Crippen LogP contribution in [0.5, 0.6) is 0 Å². The summed E-state index contributed by atoms with van der Waals surface area (Å²) in [5.41, 5.74) is 0. The Balaban J connectivity index is 2.08. The van der Waals surface area contributed by atoms with Gasteiger partial charge in [-0.1, -0.05) is 6.07 Å². The van der Waals surface area contributed by atoms with Crippen LogP contribution >= 0.6 is 0 Å². The van der Waals surface area contributed by atoms with Gasteiger partial charge in [0.2, 0.25) is 0 Å². The Morgan fingerprint density at radius 2 is 2.38 bits per heavy atom. The molecular weight excluding hydrogens is 202 g/mol. The molecule has 2 N–H and O–H groups in total. The quantitative estimate of drug-likeness (QED) is 0.808. The number of hydrogen-bond donors (Lipinski definition) is 2. The minimum Gasteiger partial charge on any atom is -0.393 e. The maximum Gasteiger partial charge on any atom is 0.130 e. The highest BCUT2D eigenvalue weighted by molar-refractivity contribution is 5.47. The van der Waals surface area contributed by atoms with E-state index in [1.165, 1.54) is 0 Å². The first-order chi connectivity index (χ1) is 7.70. The van der Waals surface area contributed by atoms with Gasteiger partial charge in [-0.05, 0) is 25.5 Å². The zero-order valence-electron chi connectivity index (χ0n) is 9.85. The molecule has 2 unspecified atom stereocenters. The minimum atomic E-state index is -0.225. The third-order valence-corrected chi connectivity index (χ3v) is 3.22. The fourth-order valence-electron chi connectivity index (χ4n) is 2.13. The van der Waals surface area contributed by atoms with Crippen molar-refractivity contribution < 1.29 is 5.11 Å². The second-order valence-electron chi connectivity index (χ2n) is 4.37. The molecule has 1 aliphatic rings. The molecule has 1 fully saturated rings. The molecule has 88 valence electrons. The van der Waals surface area contributed by atoms with Gasteiger partial charge in [0, 0.05) is 26.1 Å². The van der Waals surface area contributed by atoms with Gasteiger partial charge >= 0.3 is 0 Å². The maximum atomic E-state index is 9.56. The molecule has 0 bridgehead atoms. The Kier molecular flexibility index (Phi) is 3.29. The van der Waals surface area contributed by atoms with E-state index in [9.17, 15) is 5.11 Å². The van der Waals surface area contributed by atoms with Gasteiger partial charge in [0.05, 0.1) is 6.10 Å². The molecule has 0 spiro atoms. The fourth-order valence-corrected chi connectivity index (χ4v) is 2.13. The van der Waals surface area contributed by atoms with Gasteiger partial charge in [0.1, 0.15) is 11.6 Å². The molecule has 4 heteroatoms. The van der Waals surface area contributed by atoms with Crippen LogP contribution in [0.1, 0.15) is 13.3 Å². The lowest BCUT2D eigenvalue weighted by atomic mass is 10.0. The molecule has 0 amide bonds. The first kappa shape index (κ1) is 11.2. The van der Waals surface area contributed by atoms with E-state index in [1.807, 2.05) is 32.2 Å². The van der Waals surface area contributed by atoms with E-state index >= 15 is 0 Å². The molecule has 0 radical (unpaired) electrons. The van der Waals surface area contributed by atoms with E-state index in [1.54, 1.807) is 0 Å². The van der Waals surface area contributed by atoms with E-state index in [2.05, 4.69) is 15.2 Å². The minimum absolute atomic E-state index is 0.225. The Bertz CT molecular complexity index is 354. The molecule has 1 saturated heterocycles. The predicted octanol–water partition coefficient (Wildman–Crippen LogP) is 1.33. The number of aliphatic hydroxyl groups is 1. The van der Waals surface area contributed by atoms with Crippen molar-refractivity contribution in [2.75, 3.05) is 30.4 Å². The van der Waals surface area contributed by atoms with E-state index in [4.69, 9.17) is 0 Å². The van der Waals surface area contributed by atoms with Crippen molar-refractivity contribution in [1.82, 2.24) is 4.98 Å². The summed E-state index contributed by atoms with van der Waals surface area (Å²) in [5.74, 6) is 2.26. The normalized spacial score (nSPS) is 22.2. The first-order valence-electron chi connectivity index (χ1n) is 5.78. The highest BCUT2D eigenvalue weighted by atomic mass is 16.3. The smallest absolute Gasteiger partial charge is 0.130 e. The molecule has 1 aromatic rings. The Morgan fingerprint density at radius 3 is 3.00 bits per heavy atom. The van der Waals surface area contributed by atoms with E-state index in [0.717, 1.165) is 31.1 Å². The van der Waals surface area contributed by atoms with Crippen molar-refractivity contribution in [1.29, 1.82) is 0 Å². The topological polar surface area (TPSA) is 48.4 Å². The lowest BCUT2D eigenvalue weighted by Crippen LogP contribution is -2.24. The third kappa shape index (κ3) is 2.27. The maximum absolute atomic E-state index is 9.56. The zero-order chi connectivity index (χ0) is 11.5. The summed E-state index contributed by atoms with van der Waals surface area (Å²) < 4.78 is 0. The largest absolute Gasteiger partial charge is 0.393 e. The zero-order valence-corrected chi connectivity index (χ0v) is 9.85. The fraction of sp³-hybridized carbons (Fsp3) is 0.583. The van der Waals surface area contributed by atoms with Crippen molar-refractivity contribution >= 4 is 11.6 Å². The molecule has 0 aliphatic carbocycles. The van der Waals surface area contributed by atoms with Crippen LogP contribution in [0.3, 0.4) is 0 Å². The van der Waals surface area contributed by atoms with E-state index < -0.39 is 0 Å². The number of hydrogen-bond acceptors (Lipinski definition) is 4. The summed E-state index contributed by atoms with van der Waals surface area (Å²) in [6.07, 6.45) is 0.820. The highest BCUT2D eigenvalue weighted by Gasteiger charge is 2.26. The van der Waals surface area contributed by atoms with Gasteiger partial charge in [0.25, 0.3) is 0 Å². The molecule has 4 nitrogen and oxygen atoms in total. The van der Waals surface area contributed by atoms with Crippen LogP contribution < -0.4 is 10.2 Å². The van der Waals surface area contributed by atoms with Crippen LogP contribution in [0.4, 0.5) is 11.6 Å². The molecule has 0 saturated carbocycles. The van der Waals surface area contributed by atoms with Crippen molar-refractivity contribution in [3.8, 4) is 0 Å². The van der Waals surface area contributed by atoms with Gasteiger partial charge in [-0.25, -0.2) is 4.98 Å². The van der Waals surface area contributed by atoms with Crippen molar-refractivity contribution in [2.24, 2.45) is 5.92 Å². The Labute approximate surface area is 96.3 Å². The molecule has 2 heterocycles. The second kappa shape index (κ2) is 4.70. The number of rotatable bonds is 3. The Hall–Kier alpha value is -1.29. The summed E-state index contributed by atoms with van der Waals surface area (Å²) in [4.78, 5) is 6.73. The summed E-state index contributed by atoms with van der Waals surface area (Å²) in [7, 11) is 1.87. The van der Waals surface area contributed by atoms with E-state index in [-0.39, 0.29) is 6.10 Å². The molecule has 2 atom stereocenters. The number of nitrogens with one attached hydrogen (secondary N) is 1. The summed E-state index contributed by atoms with van der Waals surface area (Å²) in [6.45, 7) is 3.75. The summed E-state index contributed by atoms with van der Waals surface area (Å²) in [6, 6.07) is 5.97.